The SMILES string of the molecule is Cc1cc[c-]cc1.Cc1cc[c-]cc1.[Ti+4].[c-]1ccccc1.[c-]1ccccc1. The molecular weight excluding hydrogens is 360 g/mol. The molecule has 0 radical (unpaired) electrons. The molecular formula is C26H24Ti. The molecule has 4 aromatic carbocycles. The fraction of sp³-hybridized carbons (Fsp3) is 0.0769. The molecule has 0 saturated carbocycles. The van der Waals surface area contributed by atoms with Crippen molar-refractivity contribution in [1.82, 2.24) is 0 Å². The van der Waals surface area contributed by atoms with E-state index >= 15 is 0 Å². The van der Waals surface area contributed by atoms with Crippen LogP contribution in [0.3, 0.4) is 0 Å². The van der Waals surface area contributed by atoms with E-state index < -0.39 is 0 Å². The van der Waals surface area contributed by atoms with E-state index in [2.05, 4.69) is 38.1 Å². The van der Waals surface area contributed by atoms with E-state index in [1.165, 1.54) is 11.1 Å². The molecule has 0 aliphatic heterocycles. The Labute approximate surface area is 179 Å². The van der Waals surface area contributed by atoms with Crippen LogP contribution >= 0.6 is 0 Å². The summed E-state index contributed by atoms with van der Waals surface area (Å²) in [4.78, 5) is 0. The summed E-state index contributed by atoms with van der Waals surface area (Å²) in [5.74, 6) is 0. The molecule has 27 heavy (non-hydrogen) atoms. The van der Waals surface area contributed by atoms with Gasteiger partial charge in [0, 0.05) is 0 Å². The van der Waals surface area contributed by atoms with E-state index in [0.29, 0.717) is 0 Å². The second-order valence-electron chi connectivity index (χ2n) is 5.31. The Hall–Kier alpha value is -2.41. The van der Waals surface area contributed by atoms with Gasteiger partial charge in [0.15, 0.2) is 0 Å². The monoisotopic (exact) mass is 384 g/mol. The first kappa shape index (κ1) is 24.6. The Kier molecular flexibility index (Phi) is 16.7. The minimum absolute atomic E-state index is 0. The van der Waals surface area contributed by atoms with E-state index in [1.807, 2.05) is 109 Å². The van der Waals surface area contributed by atoms with E-state index in [0.717, 1.165) is 0 Å². The zero-order chi connectivity index (χ0) is 18.7. The Morgan fingerprint density at radius 2 is 0.667 bits per heavy atom. The van der Waals surface area contributed by atoms with Crippen molar-refractivity contribution < 1.29 is 21.7 Å². The fourth-order valence-corrected chi connectivity index (χ4v) is 1.62. The van der Waals surface area contributed by atoms with E-state index in [-0.39, 0.29) is 21.7 Å². The van der Waals surface area contributed by atoms with Crippen molar-refractivity contribution in [3.63, 3.8) is 0 Å². The van der Waals surface area contributed by atoms with E-state index in [9.17, 15) is 0 Å². The average molecular weight is 384 g/mol. The van der Waals surface area contributed by atoms with E-state index in [4.69, 9.17) is 0 Å². The molecule has 1 heteroatoms. The molecule has 0 N–H and O–H groups in total. The predicted molar refractivity (Wildman–Crippen MR) is 111 cm³/mol. The Morgan fingerprint density at radius 1 is 0.407 bits per heavy atom. The molecule has 0 bridgehead atoms. The summed E-state index contributed by atoms with van der Waals surface area (Å²) in [6.45, 7) is 4.13. The van der Waals surface area contributed by atoms with Crippen LogP contribution in [0.15, 0.2) is 109 Å². The van der Waals surface area contributed by atoms with Gasteiger partial charge >= 0.3 is 21.7 Å². The van der Waals surface area contributed by atoms with Gasteiger partial charge in [0.05, 0.1) is 0 Å². The number of aryl methyl sites for hydroxylation is 2. The molecule has 0 aliphatic rings. The first-order valence-corrected chi connectivity index (χ1v) is 8.46. The maximum absolute atomic E-state index is 2.93. The van der Waals surface area contributed by atoms with Crippen LogP contribution in [-0.2, 0) is 21.7 Å². The normalized spacial score (nSPS) is 8.07. The molecule has 4 aromatic rings. The van der Waals surface area contributed by atoms with E-state index in [1.54, 1.807) is 0 Å². The third-order valence-corrected chi connectivity index (χ3v) is 2.98. The second kappa shape index (κ2) is 18.4. The van der Waals surface area contributed by atoms with Crippen LogP contribution in [0.1, 0.15) is 11.1 Å². The van der Waals surface area contributed by atoms with Crippen LogP contribution in [0.5, 0.6) is 0 Å². The van der Waals surface area contributed by atoms with Crippen LogP contribution in [0.25, 0.3) is 0 Å². The molecule has 0 aromatic heterocycles. The summed E-state index contributed by atoms with van der Waals surface area (Å²) in [5.41, 5.74) is 2.58. The van der Waals surface area contributed by atoms with Gasteiger partial charge in [0.2, 0.25) is 0 Å². The Balaban J connectivity index is 0.000000331. The van der Waals surface area contributed by atoms with Crippen molar-refractivity contribution in [3.8, 4) is 0 Å². The van der Waals surface area contributed by atoms with Gasteiger partial charge < -0.3 is 0 Å². The van der Waals surface area contributed by atoms with Crippen LogP contribution < -0.4 is 0 Å². The quantitative estimate of drug-likeness (QED) is 0.238. The fourth-order valence-electron chi connectivity index (χ4n) is 1.62. The van der Waals surface area contributed by atoms with Crippen LogP contribution in [0, 0.1) is 38.1 Å². The predicted octanol–water partition coefficient (Wildman–Crippen LogP) is 6.56. The van der Waals surface area contributed by atoms with Crippen molar-refractivity contribution in [3.05, 3.63) is 145 Å². The minimum Gasteiger partial charge on any atom is -0.184 e. The molecule has 0 unspecified atom stereocenters. The van der Waals surface area contributed by atoms with Crippen LogP contribution in [-0.4, -0.2) is 0 Å². The zero-order valence-corrected chi connectivity index (χ0v) is 17.5. The van der Waals surface area contributed by atoms with Crippen molar-refractivity contribution in [2.75, 3.05) is 0 Å². The first-order valence-electron chi connectivity index (χ1n) is 8.46. The number of hydrogen-bond donors (Lipinski definition) is 0. The third kappa shape index (κ3) is 16.8. The summed E-state index contributed by atoms with van der Waals surface area (Å²) in [6.07, 6.45) is 0. The Morgan fingerprint density at radius 3 is 0.778 bits per heavy atom. The van der Waals surface area contributed by atoms with Crippen molar-refractivity contribution in [2.24, 2.45) is 0 Å². The standard InChI is InChI=1S/2C7H7.2C6H5.Ti/c2*1-7-5-3-2-4-6-7;2*1-2-4-6-5-3-1;/h2*3-6H,1H3;2*1-5H;/q4*-1;+4. The number of benzene rings is 4. The van der Waals surface area contributed by atoms with Gasteiger partial charge in [0.1, 0.15) is 0 Å². The van der Waals surface area contributed by atoms with Gasteiger partial charge in [0.25, 0.3) is 0 Å². The van der Waals surface area contributed by atoms with Crippen LogP contribution in [0.2, 0.25) is 0 Å². The molecule has 0 heterocycles. The molecule has 0 amide bonds. The average Bonchev–Trinajstić information content (AvgIpc) is 2.73. The summed E-state index contributed by atoms with van der Waals surface area (Å²) >= 11 is 0. The van der Waals surface area contributed by atoms with Crippen molar-refractivity contribution in [1.29, 1.82) is 0 Å². The van der Waals surface area contributed by atoms with Crippen molar-refractivity contribution >= 4 is 0 Å². The Bertz CT molecular complexity index is 616. The van der Waals surface area contributed by atoms with Gasteiger partial charge in [-0.05, 0) is 0 Å². The second-order valence-corrected chi connectivity index (χ2v) is 5.31. The molecule has 0 spiro atoms. The summed E-state index contributed by atoms with van der Waals surface area (Å²) in [6, 6.07) is 46.6. The molecule has 0 atom stereocenters. The molecule has 0 nitrogen and oxygen atoms in total. The molecule has 0 fully saturated rings. The first-order chi connectivity index (χ1) is 12.8. The molecule has 0 aliphatic carbocycles. The number of hydrogen-bond acceptors (Lipinski definition) is 0. The molecule has 132 valence electrons. The van der Waals surface area contributed by atoms with Gasteiger partial charge in [-0.1, -0.05) is 13.8 Å². The topological polar surface area (TPSA) is 0 Å². The maximum Gasteiger partial charge on any atom is 4.00 e. The summed E-state index contributed by atoms with van der Waals surface area (Å²) < 4.78 is 0. The smallest absolute Gasteiger partial charge is 0.184 e. The third-order valence-electron chi connectivity index (χ3n) is 2.98. The van der Waals surface area contributed by atoms with Gasteiger partial charge in [-0.15, -0.1) is 0 Å². The largest absolute Gasteiger partial charge is 4.00 e. The minimum atomic E-state index is 0. The van der Waals surface area contributed by atoms with Crippen molar-refractivity contribution in [2.45, 2.75) is 13.8 Å². The van der Waals surface area contributed by atoms with Gasteiger partial charge in [-0.25, -0.2) is 0 Å². The van der Waals surface area contributed by atoms with Crippen LogP contribution in [0.4, 0.5) is 0 Å². The summed E-state index contributed by atoms with van der Waals surface area (Å²) in [5, 5.41) is 0. The van der Waals surface area contributed by atoms with Gasteiger partial charge in [-0.2, -0.15) is 145 Å². The molecule has 0 saturated heterocycles. The maximum atomic E-state index is 2.93. The van der Waals surface area contributed by atoms with Gasteiger partial charge in [-0.3, -0.25) is 0 Å². The molecule has 4 rings (SSSR count). The summed E-state index contributed by atoms with van der Waals surface area (Å²) in [7, 11) is 0. The number of rotatable bonds is 0. The zero-order valence-electron chi connectivity index (χ0n) is 15.9.